The Morgan fingerprint density at radius 1 is 0.604 bits per heavy atom. The fourth-order valence-corrected chi connectivity index (χ4v) is 5.96. The lowest BCUT2D eigenvalue weighted by Crippen LogP contribution is -2.46. The summed E-state index contributed by atoms with van der Waals surface area (Å²) < 4.78 is 11.5. The van der Waals surface area contributed by atoms with Crippen LogP contribution >= 0.6 is 0 Å². The number of benzene rings is 3. The highest BCUT2D eigenvalue weighted by Crippen LogP contribution is 2.21. The molecule has 0 saturated carbocycles. The minimum atomic E-state index is -0.908. The number of amides is 4. The van der Waals surface area contributed by atoms with Crippen molar-refractivity contribution >= 4 is 35.4 Å². The van der Waals surface area contributed by atoms with E-state index in [4.69, 9.17) is 9.47 Å². The summed E-state index contributed by atoms with van der Waals surface area (Å²) in [6.45, 7) is 10.9. The molecule has 288 valence electrons. The molecule has 3 aromatic carbocycles. The summed E-state index contributed by atoms with van der Waals surface area (Å²) in [5, 5.41) is 11.2. The lowest BCUT2D eigenvalue weighted by atomic mass is 10.0. The van der Waals surface area contributed by atoms with Crippen LogP contribution in [0.25, 0.3) is 0 Å². The molecule has 0 heterocycles. The second kappa shape index (κ2) is 23.7. The van der Waals surface area contributed by atoms with Crippen LogP contribution in [0.3, 0.4) is 0 Å². The Kier molecular flexibility index (Phi) is 19.0. The molecule has 53 heavy (non-hydrogen) atoms. The standard InChI is InChI=1S/C43H60N4O6/c1-6-10-18-32(8-3)29-52-40(48)38(26-34-20-14-12-15-21-34)46-42(50)44-36-25-24-31(5)37(28-36)45-43(51)47-39(27-35-22-16-13-17-23-35)41(49)53-30-33(9-4)19-11-7-2/h12-17,20-25,28,32-33,38-39H,6-11,18-19,26-27,29-30H2,1-5H3,(H2,44,46,50)(H2,45,47,51). The first-order valence-electron chi connectivity index (χ1n) is 19.3. The smallest absolute Gasteiger partial charge is 0.329 e. The van der Waals surface area contributed by atoms with Gasteiger partial charge in [0.15, 0.2) is 0 Å². The molecule has 4 N–H and O–H groups in total. The Bertz CT molecular complexity index is 1550. The van der Waals surface area contributed by atoms with Crippen LogP contribution in [0.1, 0.15) is 95.8 Å². The monoisotopic (exact) mass is 728 g/mol. The molecule has 0 fully saturated rings. The van der Waals surface area contributed by atoms with Crippen LogP contribution in [0.2, 0.25) is 0 Å². The molecule has 0 aliphatic heterocycles. The highest BCUT2D eigenvalue weighted by molar-refractivity contribution is 5.96. The van der Waals surface area contributed by atoms with E-state index in [0.717, 1.165) is 68.1 Å². The van der Waals surface area contributed by atoms with Gasteiger partial charge in [0.1, 0.15) is 12.1 Å². The second-order valence-electron chi connectivity index (χ2n) is 13.8. The van der Waals surface area contributed by atoms with Gasteiger partial charge in [0.05, 0.1) is 13.2 Å². The van der Waals surface area contributed by atoms with Gasteiger partial charge in [-0.2, -0.15) is 0 Å². The number of anilines is 2. The van der Waals surface area contributed by atoms with Crippen LogP contribution in [-0.4, -0.2) is 49.3 Å². The summed E-state index contributed by atoms with van der Waals surface area (Å²) in [6, 6.07) is 21.1. The molecule has 0 spiro atoms. The van der Waals surface area contributed by atoms with Gasteiger partial charge in [0, 0.05) is 24.2 Å². The Morgan fingerprint density at radius 2 is 1.06 bits per heavy atom. The molecule has 4 unspecified atom stereocenters. The molecule has 0 aliphatic rings. The summed E-state index contributed by atoms with van der Waals surface area (Å²) in [5.41, 5.74) is 3.36. The quantitative estimate of drug-likeness (QED) is 0.0763. The van der Waals surface area contributed by atoms with Gasteiger partial charge in [0.25, 0.3) is 0 Å². The maximum absolute atomic E-state index is 13.3. The summed E-state index contributed by atoms with van der Waals surface area (Å²) >= 11 is 0. The first kappa shape index (κ1) is 42.6. The van der Waals surface area contributed by atoms with E-state index >= 15 is 0 Å². The fraction of sp³-hybridized carbons (Fsp3) is 0.488. The number of aryl methyl sites for hydroxylation is 1. The molecular weight excluding hydrogens is 668 g/mol. The van der Waals surface area contributed by atoms with Crippen molar-refractivity contribution in [3.8, 4) is 0 Å². The molecule has 0 bridgehead atoms. The molecule has 4 amide bonds. The van der Waals surface area contributed by atoms with Crippen LogP contribution in [0.15, 0.2) is 78.9 Å². The third-order valence-electron chi connectivity index (χ3n) is 9.50. The zero-order valence-corrected chi connectivity index (χ0v) is 32.2. The molecule has 0 radical (unpaired) electrons. The molecule has 10 nitrogen and oxygen atoms in total. The van der Waals surface area contributed by atoms with E-state index in [-0.39, 0.29) is 24.7 Å². The number of hydrogen-bond donors (Lipinski definition) is 4. The van der Waals surface area contributed by atoms with Gasteiger partial charge in [-0.25, -0.2) is 19.2 Å². The van der Waals surface area contributed by atoms with Gasteiger partial charge in [-0.1, -0.05) is 133 Å². The van der Waals surface area contributed by atoms with Gasteiger partial charge in [-0.15, -0.1) is 0 Å². The highest BCUT2D eigenvalue weighted by atomic mass is 16.5. The van der Waals surface area contributed by atoms with Crippen molar-refractivity contribution in [1.29, 1.82) is 0 Å². The van der Waals surface area contributed by atoms with Crippen LogP contribution in [-0.2, 0) is 31.9 Å². The largest absolute Gasteiger partial charge is 0.464 e. The molecule has 0 aromatic heterocycles. The molecule has 3 rings (SSSR count). The number of nitrogens with one attached hydrogen (secondary N) is 4. The first-order valence-corrected chi connectivity index (χ1v) is 19.3. The van der Waals surface area contributed by atoms with E-state index in [2.05, 4.69) is 49.0 Å². The number of carbonyl (C=O) groups is 4. The second-order valence-corrected chi connectivity index (χ2v) is 13.8. The normalized spacial score (nSPS) is 13.2. The van der Waals surface area contributed by atoms with Crippen LogP contribution in [0, 0.1) is 18.8 Å². The number of esters is 2. The summed E-state index contributed by atoms with van der Waals surface area (Å²) in [4.78, 5) is 53.2. The third-order valence-corrected chi connectivity index (χ3v) is 9.50. The van der Waals surface area contributed by atoms with E-state index < -0.39 is 36.1 Å². The highest BCUT2D eigenvalue weighted by Gasteiger charge is 2.26. The van der Waals surface area contributed by atoms with E-state index in [0.29, 0.717) is 24.6 Å². The Balaban J connectivity index is 1.68. The first-order chi connectivity index (χ1) is 25.6. The number of hydrogen-bond acceptors (Lipinski definition) is 6. The number of rotatable bonds is 22. The van der Waals surface area contributed by atoms with Crippen molar-refractivity contribution in [2.75, 3.05) is 23.8 Å². The van der Waals surface area contributed by atoms with Crippen LogP contribution in [0.4, 0.5) is 21.0 Å². The predicted octanol–water partition coefficient (Wildman–Crippen LogP) is 8.98. The van der Waals surface area contributed by atoms with E-state index in [1.165, 1.54) is 0 Å². The van der Waals surface area contributed by atoms with Gasteiger partial charge in [-0.3, -0.25) is 0 Å². The summed E-state index contributed by atoms with van der Waals surface area (Å²) in [7, 11) is 0. The van der Waals surface area contributed by atoms with E-state index in [1.54, 1.807) is 18.2 Å². The van der Waals surface area contributed by atoms with Crippen molar-refractivity contribution < 1.29 is 28.7 Å². The van der Waals surface area contributed by atoms with Crippen LogP contribution in [0.5, 0.6) is 0 Å². The number of carbonyl (C=O) groups excluding carboxylic acids is 4. The number of urea groups is 2. The lowest BCUT2D eigenvalue weighted by Gasteiger charge is -2.21. The Labute approximate surface area is 316 Å². The van der Waals surface area contributed by atoms with Crippen molar-refractivity contribution in [1.82, 2.24) is 10.6 Å². The third kappa shape index (κ3) is 15.7. The molecule has 0 aliphatic carbocycles. The maximum atomic E-state index is 13.3. The molecule has 3 aromatic rings. The number of unbranched alkanes of at least 4 members (excludes halogenated alkanes) is 2. The average molecular weight is 729 g/mol. The van der Waals surface area contributed by atoms with Crippen molar-refractivity contribution in [3.05, 3.63) is 95.6 Å². The van der Waals surface area contributed by atoms with Gasteiger partial charge >= 0.3 is 24.0 Å². The van der Waals surface area contributed by atoms with Gasteiger partial charge in [0.2, 0.25) is 0 Å². The summed E-state index contributed by atoms with van der Waals surface area (Å²) in [6.07, 6.45) is 8.60. The zero-order valence-electron chi connectivity index (χ0n) is 32.2. The van der Waals surface area contributed by atoms with Gasteiger partial charge in [-0.05, 0) is 60.4 Å². The molecular formula is C43H60N4O6. The lowest BCUT2D eigenvalue weighted by molar-refractivity contribution is -0.148. The van der Waals surface area contributed by atoms with E-state index in [9.17, 15) is 19.2 Å². The minimum Gasteiger partial charge on any atom is -0.464 e. The van der Waals surface area contributed by atoms with Crippen LogP contribution < -0.4 is 21.3 Å². The zero-order chi connectivity index (χ0) is 38.4. The number of ether oxygens (including phenoxy) is 2. The van der Waals surface area contributed by atoms with Crippen molar-refractivity contribution in [3.63, 3.8) is 0 Å². The predicted molar refractivity (Wildman–Crippen MR) is 212 cm³/mol. The Hall–Kier alpha value is -4.86. The Morgan fingerprint density at radius 3 is 1.49 bits per heavy atom. The fourth-order valence-electron chi connectivity index (χ4n) is 5.96. The minimum absolute atomic E-state index is 0.267. The summed E-state index contributed by atoms with van der Waals surface area (Å²) in [5.74, 6) is -0.443. The molecule has 10 heteroatoms. The van der Waals surface area contributed by atoms with Crippen molar-refractivity contribution in [2.45, 2.75) is 111 Å². The average Bonchev–Trinajstić information content (AvgIpc) is 3.16. The van der Waals surface area contributed by atoms with E-state index in [1.807, 2.05) is 67.6 Å². The molecule has 0 saturated heterocycles. The molecule has 4 atom stereocenters. The van der Waals surface area contributed by atoms with Crippen molar-refractivity contribution in [2.24, 2.45) is 11.8 Å². The SMILES string of the molecule is CCCCC(CC)COC(=O)C(Cc1ccccc1)NC(=O)Nc1ccc(C)c(NC(=O)NC(Cc2ccccc2)C(=O)OCC(CC)CCCC)c1. The van der Waals surface area contributed by atoms with Gasteiger partial charge < -0.3 is 30.7 Å². The maximum Gasteiger partial charge on any atom is 0.329 e. The topological polar surface area (TPSA) is 135 Å².